The maximum absolute atomic E-state index is 12.7. The number of halogens is 2. The molecule has 6 nitrogen and oxygen atoms in total. The Morgan fingerprint density at radius 1 is 0.931 bits per heavy atom. The summed E-state index contributed by atoms with van der Waals surface area (Å²) in [4.78, 5) is 28.5. The molecule has 0 saturated carbocycles. The van der Waals surface area contributed by atoms with Gasteiger partial charge in [0.05, 0.1) is 17.2 Å². The third-order valence-electron chi connectivity index (χ3n) is 4.58. The van der Waals surface area contributed by atoms with Gasteiger partial charge in [-0.25, -0.2) is 0 Å². The number of benzene rings is 2. The highest BCUT2D eigenvalue weighted by molar-refractivity contribution is 6.36. The minimum Gasteiger partial charge on any atom is -0.490 e. The van der Waals surface area contributed by atoms with Gasteiger partial charge in [0.2, 0.25) is 0 Å². The first kappa shape index (κ1) is 21.3. The maximum Gasteiger partial charge on any atom is 0.260 e. The van der Waals surface area contributed by atoms with Crippen molar-refractivity contribution < 1.29 is 19.1 Å². The van der Waals surface area contributed by atoms with E-state index in [4.69, 9.17) is 32.7 Å². The lowest BCUT2D eigenvalue weighted by atomic mass is 10.1. The maximum atomic E-state index is 12.7. The second-order valence-electron chi connectivity index (χ2n) is 6.47. The van der Waals surface area contributed by atoms with Crippen LogP contribution < -0.4 is 9.47 Å². The molecule has 1 fully saturated rings. The molecule has 3 rings (SSSR count). The van der Waals surface area contributed by atoms with Crippen molar-refractivity contribution in [3.05, 3.63) is 58.1 Å². The van der Waals surface area contributed by atoms with Crippen LogP contribution in [0.1, 0.15) is 17.3 Å². The Kier molecular flexibility index (Phi) is 7.23. The number of rotatable bonds is 6. The van der Waals surface area contributed by atoms with E-state index in [0.717, 1.165) is 0 Å². The van der Waals surface area contributed by atoms with Crippen molar-refractivity contribution in [1.82, 2.24) is 9.80 Å². The van der Waals surface area contributed by atoms with Gasteiger partial charge in [-0.05, 0) is 37.3 Å². The van der Waals surface area contributed by atoms with Crippen LogP contribution in [-0.4, -0.2) is 61.0 Å². The minimum atomic E-state index is -0.166. The van der Waals surface area contributed by atoms with Gasteiger partial charge in [0.15, 0.2) is 18.1 Å². The summed E-state index contributed by atoms with van der Waals surface area (Å²) in [5, 5.41) is 0.801. The molecule has 2 aromatic rings. The first-order chi connectivity index (χ1) is 14.0. The molecule has 8 heteroatoms. The molecule has 1 saturated heterocycles. The fourth-order valence-corrected chi connectivity index (χ4v) is 3.56. The summed E-state index contributed by atoms with van der Waals surface area (Å²) in [5.74, 6) is 0.848. The molecule has 2 amide bonds. The summed E-state index contributed by atoms with van der Waals surface area (Å²) < 4.78 is 11.1. The van der Waals surface area contributed by atoms with Crippen molar-refractivity contribution in [2.24, 2.45) is 0 Å². The van der Waals surface area contributed by atoms with Crippen LogP contribution in [0.4, 0.5) is 0 Å². The number of piperazine rings is 1. The van der Waals surface area contributed by atoms with Gasteiger partial charge >= 0.3 is 0 Å². The molecular formula is C21H22Cl2N2O4. The molecule has 0 bridgehead atoms. The second kappa shape index (κ2) is 9.85. The Morgan fingerprint density at radius 2 is 1.55 bits per heavy atom. The Bertz CT molecular complexity index is 883. The van der Waals surface area contributed by atoms with Gasteiger partial charge in [0.1, 0.15) is 0 Å². The van der Waals surface area contributed by atoms with Crippen LogP contribution >= 0.6 is 23.2 Å². The van der Waals surface area contributed by atoms with Gasteiger partial charge in [-0.15, -0.1) is 0 Å². The topological polar surface area (TPSA) is 59.1 Å². The van der Waals surface area contributed by atoms with E-state index in [1.54, 1.807) is 40.1 Å². The first-order valence-electron chi connectivity index (χ1n) is 9.36. The molecule has 1 heterocycles. The molecule has 0 aliphatic carbocycles. The number of hydrogen-bond donors (Lipinski definition) is 0. The van der Waals surface area contributed by atoms with E-state index in [0.29, 0.717) is 59.9 Å². The minimum absolute atomic E-state index is 0.0823. The summed E-state index contributed by atoms with van der Waals surface area (Å²) in [7, 11) is 0. The van der Waals surface area contributed by atoms with Gasteiger partial charge < -0.3 is 19.3 Å². The van der Waals surface area contributed by atoms with Crippen LogP contribution in [0.2, 0.25) is 10.0 Å². The summed E-state index contributed by atoms with van der Waals surface area (Å²) in [6.07, 6.45) is 0. The number of hydrogen-bond acceptors (Lipinski definition) is 4. The zero-order chi connectivity index (χ0) is 20.8. The number of para-hydroxylation sites is 2. The molecule has 0 spiro atoms. The third-order valence-corrected chi connectivity index (χ3v) is 5.13. The van der Waals surface area contributed by atoms with Gasteiger partial charge in [-0.2, -0.15) is 0 Å². The molecule has 0 radical (unpaired) electrons. The number of ether oxygens (including phenoxy) is 2. The highest BCUT2D eigenvalue weighted by Gasteiger charge is 2.26. The van der Waals surface area contributed by atoms with Crippen LogP contribution in [0.25, 0.3) is 0 Å². The Hall–Kier alpha value is -2.44. The molecule has 29 heavy (non-hydrogen) atoms. The summed E-state index contributed by atoms with van der Waals surface area (Å²) >= 11 is 12.0. The monoisotopic (exact) mass is 436 g/mol. The van der Waals surface area contributed by atoms with Gasteiger partial charge in [-0.1, -0.05) is 35.3 Å². The van der Waals surface area contributed by atoms with Gasteiger partial charge in [0.25, 0.3) is 11.8 Å². The van der Waals surface area contributed by atoms with Gasteiger partial charge in [-0.3, -0.25) is 9.59 Å². The fraction of sp³-hybridized carbons (Fsp3) is 0.333. The molecule has 1 aliphatic rings. The molecule has 0 aromatic heterocycles. The molecule has 0 atom stereocenters. The van der Waals surface area contributed by atoms with E-state index in [1.165, 1.54) is 0 Å². The van der Waals surface area contributed by atoms with E-state index in [9.17, 15) is 9.59 Å². The van der Waals surface area contributed by atoms with Crippen LogP contribution in [-0.2, 0) is 4.79 Å². The van der Waals surface area contributed by atoms with E-state index >= 15 is 0 Å². The Labute approximate surface area is 179 Å². The quantitative estimate of drug-likeness (QED) is 0.691. The summed E-state index contributed by atoms with van der Waals surface area (Å²) in [6, 6.07) is 12.1. The Balaban J connectivity index is 1.52. The van der Waals surface area contributed by atoms with E-state index < -0.39 is 0 Å². The highest BCUT2D eigenvalue weighted by atomic mass is 35.5. The predicted octanol–water partition coefficient (Wildman–Crippen LogP) is 3.76. The molecule has 0 unspecified atom stereocenters. The second-order valence-corrected chi connectivity index (χ2v) is 7.31. The Morgan fingerprint density at radius 3 is 2.17 bits per heavy atom. The number of amides is 2. The smallest absolute Gasteiger partial charge is 0.260 e. The van der Waals surface area contributed by atoms with E-state index in [2.05, 4.69) is 0 Å². The summed E-state index contributed by atoms with van der Waals surface area (Å²) in [6.45, 7) is 4.06. The van der Waals surface area contributed by atoms with Crippen LogP contribution in [0.15, 0.2) is 42.5 Å². The highest BCUT2D eigenvalue weighted by Crippen LogP contribution is 2.26. The van der Waals surface area contributed by atoms with Gasteiger partial charge in [0, 0.05) is 31.2 Å². The average Bonchev–Trinajstić information content (AvgIpc) is 2.73. The van der Waals surface area contributed by atoms with Crippen molar-refractivity contribution in [2.45, 2.75) is 6.92 Å². The molecule has 1 aliphatic heterocycles. The predicted molar refractivity (Wildman–Crippen MR) is 112 cm³/mol. The fourth-order valence-electron chi connectivity index (χ4n) is 3.07. The molecular weight excluding hydrogens is 415 g/mol. The normalized spacial score (nSPS) is 13.9. The van der Waals surface area contributed by atoms with Crippen molar-refractivity contribution in [3.63, 3.8) is 0 Å². The largest absolute Gasteiger partial charge is 0.490 e. The van der Waals surface area contributed by atoms with Crippen molar-refractivity contribution in [1.29, 1.82) is 0 Å². The zero-order valence-electron chi connectivity index (χ0n) is 16.1. The molecule has 2 aromatic carbocycles. The van der Waals surface area contributed by atoms with Crippen LogP contribution in [0.3, 0.4) is 0 Å². The molecule has 0 N–H and O–H groups in total. The first-order valence-corrected chi connectivity index (χ1v) is 10.1. The van der Waals surface area contributed by atoms with Crippen molar-refractivity contribution >= 4 is 35.0 Å². The summed E-state index contributed by atoms with van der Waals surface area (Å²) in [5.41, 5.74) is 0.409. The zero-order valence-corrected chi connectivity index (χ0v) is 17.6. The van der Waals surface area contributed by atoms with Crippen molar-refractivity contribution in [2.75, 3.05) is 39.4 Å². The lowest BCUT2D eigenvalue weighted by molar-refractivity contribution is -0.134. The van der Waals surface area contributed by atoms with E-state index in [-0.39, 0.29) is 18.4 Å². The van der Waals surface area contributed by atoms with Crippen molar-refractivity contribution in [3.8, 4) is 11.5 Å². The lowest BCUT2D eigenvalue weighted by Crippen LogP contribution is -2.51. The standard InChI is InChI=1S/C21H22Cl2N2O4/c1-2-28-18-5-3-4-6-19(18)29-14-20(26)24-9-11-25(12-10-24)21(27)16-8-7-15(22)13-17(16)23/h3-8,13H,2,9-12,14H2,1H3. The number of carbonyl (C=O) groups excluding carboxylic acids is 2. The average molecular weight is 437 g/mol. The number of carbonyl (C=O) groups is 2. The number of nitrogens with zero attached hydrogens (tertiary/aromatic N) is 2. The lowest BCUT2D eigenvalue weighted by Gasteiger charge is -2.35. The van der Waals surface area contributed by atoms with Crippen LogP contribution in [0, 0.1) is 0 Å². The molecule has 154 valence electrons. The van der Waals surface area contributed by atoms with Crippen LogP contribution in [0.5, 0.6) is 11.5 Å². The van der Waals surface area contributed by atoms with E-state index in [1.807, 2.05) is 19.1 Å². The third kappa shape index (κ3) is 5.34. The SMILES string of the molecule is CCOc1ccccc1OCC(=O)N1CCN(C(=O)c2ccc(Cl)cc2Cl)CC1.